The molecule has 0 aliphatic carbocycles. The molecule has 2 aromatic carbocycles. The van der Waals surface area contributed by atoms with Gasteiger partial charge in [0.1, 0.15) is 5.75 Å². The van der Waals surface area contributed by atoms with Gasteiger partial charge < -0.3 is 4.74 Å². The standard InChI is InChI=1S/C18H18F2N4OS2/c1-11-5-4-6-14(12(11)2)24-18(21-22-23-24)26-10-13-7-8-16(27-17(19)20)15(9-13)25-3/h4-9,17H,10H2,1-3H3. The fraction of sp³-hybridized carbons (Fsp3) is 0.278. The molecule has 1 heterocycles. The van der Waals surface area contributed by atoms with Crippen LogP contribution < -0.4 is 4.74 Å². The van der Waals surface area contributed by atoms with E-state index in [9.17, 15) is 8.78 Å². The van der Waals surface area contributed by atoms with Crippen molar-refractivity contribution in [2.45, 2.75) is 35.4 Å². The van der Waals surface area contributed by atoms with Gasteiger partial charge in [0.05, 0.1) is 17.7 Å². The van der Waals surface area contributed by atoms with Crippen molar-refractivity contribution >= 4 is 23.5 Å². The maximum atomic E-state index is 12.6. The minimum absolute atomic E-state index is 0.418. The molecule has 1 aromatic heterocycles. The van der Waals surface area contributed by atoms with E-state index in [-0.39, 0.29) is 0 Å². The van der Waals surface area contributed by atoms with Crippen LogP contribution in [0.15, 0.2) is 46.5 Å². The third-order valence-corrected chi connectivity index (χ3v) is 5.82. The van der Waals surface area contributed by atoms with Crippen LogP contribution in [0, 0.1) is 13.8 Å². The van der Waals surface area contributed by atoms with Gasteiger partial charge in [-0.15, -0.1) is 5.10 Å². The van der Waals surface area contributed by atoms with Crippen molar-refractivity contribution in [1.82, 2.24) is 20.2 Å². The molecule has 0 bridgehead atoms. The predicted molar refractivity (Wildman–Crippen MR) is 103 cm³/mol. The number of ether oxygens (including phenoxy) is 1. The Morgan fingerprint density at radius 3 is 2.74 bits per heavy atom. The van der Waals surface area contributed by atoms with Gasteiger partial charge in [0.15, 0.2) is 0 Å². The highest BCUT2D eigenvalue weighted by Gasteiger charge is 2.14. The number of methoxy groups -OCH3 is 1. The fourth-order valence-corrected chi connectivity index (χ4v) is 3.95. The Morgan fingerprint density at radius 1 is 1.19 bits per heavy atom. The molecule has 0 saturated carbocycles. The third-order valence-electron chi connectivity index (χ3n) is 4.06. The number of nitrogens with zero attached hydrogens (tertiary/aromatic N) is 4. The average Bonchev–Trinajstić information content (AvgIpc) is 3.11. The zero-order chi connectivity index (χ0) is 19.4. The molecule has 27 heavy (non-hydrogen) atoms. The highest BCUT2D eigenvalue weighted by molar-refractivity contribution is 7.99. The van der Waals surface area contributed by atoms with Crippen molar-refractivity contribution in [3.05, 3.63) is 53.1 Å². The van der Waals surface area contributed by atoms with E-state index in [4.69, 9.17) is 4.74 Å². The Bertz CT molecular complexity index is 933. The minimum atomic E-state index is -2.48. The normalized spacial score (nSPS) is 11.2. The number of thioether (sulfide) groups is 2. The molecule has 0 N–H and O–H groups in total. The summed E-state index contributed by atoms with van der Waals surface area (Å²) in [6, 6.07) is 11.2. The van der Waals surface area contributed by atoms with Crippen LogP contribution >= 0.6 is 23.5 Å². The molecule has 0 saturated heterocycles. The lowest BCUT2D eigenvalue weighted by atomic mass is 10.1. The summed E-state index contributed by atoms with van der Waals surface area (Å²) in [7, 11) is 1.48. The zero-order valence-corrected chi connectivity index (χ0v) is 16.7. The molecule has 3 rings (SSSR count). The van der Waals surface area contributed by atoms with Gasteiger partial charge in [-0.1, -0.05) is 41.7 Å². The maximum Gasteiger partial charge on any atom is 0.289 e. The average molecular weight is 408 g/mol. The molecule has 5 nitrogen and oxygen atoms in total. The van der Waals surface area contributed by atoms with Gasteiger partial charge in [-0.2, -0.15) is 13.5 Å². The molecule has 0 fully saturated rings. The Morgan fingerprint density at radius 2 is 2.00 bits per heavy atom. The van der Waals surface area contributed by atoms with E-state index in [0.717, 1.165) is 22.4 Å². The van der Waals surface area contributed by atoms with Crippen molar-refractivity contribution in [3.8, 4) is 11.4 Å². The number of benzene rings is 2. The van der Waals surface area contributed by atoms with Crippen LogP contribution in [0.4, 0.5) is 8.78 Å². The molecular formula is C18H18F2N4OS2. The first-order valence-corrected chi connectivity index (χ1v) is 9.95. The summed E-state index contributed by atoms with van der Waals surface area (Å²) in [5.74, 6) is -1.46. The van der Waals surface area contributed by atoms with E-state index in [2.05, 4.69) is 15.5 Å². The lowest BCUT2D eigenvalue weighted by Gasteiger charge is -2.11. The number of aryl methyl sites for hydroxylation is 1. The molecule has 0 unspecified atom stereocenters. The summed E-state index contributed by atoms with van der Waals surface area (Å²) in [5.41, 5.74) is 4.15. The largest absolute Gasteiger partial charge is 0.496 e. The maximum absolute atomic E-state index is 12.6. The minimum Gasteiger partial charge on any atom is -0.496 e. The van der Waals surface area contributed by atoms with Crippen molar-refractivity contribution in [2.24, 2.45) is 0 Å². The first kappa shape index (κ1) is 19.6. The zero-order valence-electron chi connectivity index (χ0n) is 15.0. The lowest BCUT2D eigenvalue weighted by Crippen LogP contribution is -2.02. The van der Waals surface area contributed by atoms with E-state index in [0.29, 0.717) is 33.3 Å². The van der Waals surface area contributed by atoms with Crippen LogP contribution in [-0.2, 0) is 5.75 Å². The molecule has 0 aliphatic heterocycles. The molecule has 0 spiro atoms. The van der Waals surface area contributed by atoms with Crippen LogP contribution in [0.2, 0.25) is 0 Å². The molecule has 0 aliphatic rings. The second kappa shape index (κ2) is 8.71. The van der Waals surface area contributed by atoms with Gasteiger partial charge in [0.25, 0.3) is 5.76 Å². The summed E-state index contributed by atoms with van der Waals surface area (Å²) < 4.78 is 32.2. The molecule has 3 aromatic rings. The Kier molecular flexibility index (Phi) is 6.33. The number of rotatable bonds is 7. The van der Waals surface area contributed by atoms with Gasteiger partial charge in [0.2, 0.25) is 5.16 Å². The summed E-state index contributed by atoms with van der Waals surface area (Å²) in [6.07, 6.45) is 0. The predicted octanol–water partition coefficient (Wildman–Crippen LogP) is 4.89. The van der Waals surface area contributed by atoms with E-state index in [1.54, 1.807) is 16.8 Å². The van der Waals surface area contributed by atoms with Crippen LogP contribution in [0.1, 0.15) is 16.7 Å². The highest BCUT2D eigenvalue weighted by Crippen LogP contribution is 2.35. The van der Waals surface area contributed by atoms with Crippen LogP contribution in [0.3, 0.4) is 0 Å². The van der Waals surface area contributed by atoms with Gasteiger partial charge in [-0.05, 0) is 59.2 Å². The number of halogens is 2. The van der Waals surface area contributed by atoms with E-state index in [1.807, 2.05) is 38.1 Å². The van der Waals surface area contributed by atoms with Gasteiger partial charge in [0, 0.05) is 5.75 Å². The molecule has 0 radical (unpaired) electrons. The number of tetrazole rings is 1. The highest BCUT2D eigenvalue weighted by atomic mass is 32.2. The number of hydrogen-bond acceptors (Lipinski definition) is 6. The van der Waals surface area contributed by atoms with Gasteiger partial charge in [-0.25, -0.2) is 0 Å². The van der Waals surface area contributed by atoms with Crippen LogP contribution in [-0.4, -0.2) is 33.1 Å². The Balaban J connectivity index is 1.79. The number of aromatic nitrogens is 4. The molecule has 9 heteroatoms. The molecular weight excluding hydrogens is 390 g/mol. The number of hydrogen-bond donors (Lipinski definition) is 0. The van der Waals surface area contributed by atoms with Crippen molar-refractivity contribution in [1.29, 1.82) is 0 Å². The topological polar surface area (TPSA) is 52.8 Å². The second-order valence-corrected chi connectivity index (χ2v) is 7.72. The SMILES string of the molecule is COc1cc(CSc2nnnn2-c2cccc(C)c2C)ccc1SC(F)F. The van der Waals surface area contributed by atoms with Crippen molar-refractivity contribution in [3.63, 3.8) is 0 Å². The fourth-order valence-electron chi connectivity index (χ4n) is 2.53. The van der Waals surface area contributed by atoms with Gasteiger partial charge >= 0.3 is 0 Å². The summed E-state index contributed by atoms with van der Waals surface area (Å²) >= 11 is 1.95. The van der Waals surface area contributed by atoms with E-state index < -0.39 is 5.76 Å². The smallest absolute Gasteiger partial charge is 0.289 e. The second-order valence-electron chi connectivity index (χ2n) is 5.74. The lowest BCUT2D eigenvalue weighted by molar-refractivity contribution is 0.251. The molecule has 142 valence electrons. The first-order valence-electron chi connectivity index (χ1n) is 8.09. The van der Waals surface area contributed by atoms with E-state index in [1.165, 1.54) is 18.9 Å². The molecule has 0 amide bonds. The number of alkyl halides is 2. The Hall–Kier alpha value is -2.13. The van der Waals surface area contributed by atoms with Crippen molar-refractivity contribution < 1.29 is 13.5 Å². The molecule has 0 atom stereocenters. The first-order chi connectivity index (χ1) is 13.0. The van der Waals surface area contributed by atoms with E-state index >= 15 is 0 Å². The van der Waals surface area contributed by atoms with Crippen LogP contribution in [0.25, 0.3) is 5.69 Å². The summed E-state index contributed by atoms with van der Waals surface area (Å²) in [4.78, 5) is 0.418. The van der Waals surface area contributed by atoms with Crippen LogP contribution in [0.5, 0.6) is 5.75 Å². The quantitative estimate of drug-likeness (QED) is 0.519. The van der Waals surface area contributed by atoms with Gasteiger partial charge in [-0.3, -0.25) is 0 Å². The third kappa shape index (κ3) is 4.59. The van der Waals surface area contributed by atoms with Crippen molar-refractivity contribution in [2.75, 3.05) is 7.11 Å². The monoisotopic (exact) mass is 408 g/mol. The summed E-state index contributed by atoms with van der Waals surface area (Å²) in [5, 5.41) is 12.7. The Labute approximate surface area is 164 Å². The summed E-state index contributed by atoms with van der Waals surface area (Å²) in [6.45, 7) is 4.08.